The van der Waals surface area contributed by atoms with Gasteiger partial charge >= 0.3 is 0 Å². The third kappa shape index (κ3) is 3.31. The third-order valence-corrected chi connectivity index (χ3v) is 4.59. The minimum Gasteiger partial charge on any atom is -0.335 e. The minimum absolute atomic E-state index is 0.0168. The molecule has 6 heteroatoms. The molecule has 0 aliphatic carbocycles. The lowest BCUT2D eigenvalue weighted by Gasteiger charge is -2.29. The van der Waals surface area contributed by atoms with Gasteiger partial charge in [0.05, 0.1) is 10.6 Å². The second-order valence-electron chi connectivity index (χ2n) is 4.90. The third-order valence-electron chi connectivity index (χ3n) is 3.56. The predicted molar refractivity (Wildman–Crippen MR) is 78.5 cm³/mol. The van der Waals surface area contributed by atoms with Gasteiger partial charge in [-0.25, -0.2) is 8.78 Å². The average molecular weight is 367 g/mol. The largest absolute Gasteiger partial charge is 0.335 e. The fourth-order valence-corrected chi connectivity index (χ4v) is 3.27. The van der Waals surface area contributed by atoms with E-state index in [1.807, 2.05) is 0 Å². The predicted octanol–water partition coefficient (Wildman–Crippen LogP) is 4.40. The Bertz CT molecular complexity index is 512. The molecule has 0 N–H and O–H groups in total. The van der Waals surface area contributed by atoms with Crippen molar-refractivity contribution in [3.05, 3.63) is 34.4 Å². The van der Waals surface area contributed by atoms with Crippen LogP contribution in [0.25, 0.3) is 0 Å². The second kappa shape index (κ2) is 6.85. The maximum absolute atomic E-state index is 13.9. The van der Waals surface area contributed by atoms with E-state index in [1.54, 1.807) is 4.90 Å². The Morgan fingerprint density at radius 1 is 1.30 bits per heavy atom. The van der Waals surface area contributed by atoms with Crippen molar-refractivity contribution in [3.63, 3.8) is 0 Å². The Morgan fingerprint density at radius 3 is 2.75 bits per heavy atom. The lowest BCUT2D eigenvalue weighted by Crippen LogP contribution is -2.41. The second-order valence-corrected chi connectivity index (χ2v) is 5.96. The molecule has 20 heavy (non-hydrogen) atoms. The zero-order chi connectivity index (χ0) is 14.7. The summed E-state index contributed by atoms with van der Waals surface area (Å²) in [6.07, 6.45) is 3.84. The molecule has 0 bridgehead atoms. The Morgan fingerprint density at radius 2 is 2.05 bits per heavy atom. The summed E-state index contributed by atoms with van der Waals surface area (Å²) in [5.74, 6) is -2.02. The molecule has 110 valence electrons. The van der Waals surface area contributed by atoms with Gasteiger partial charge in [0, 0.05) is 17.9 Å². The summed E-state index contributed by atoms with van der Waals surface area (Å²) in [5.41, 5.74) is -0.250. The molecular formula is C14H15BrClF2NO. The van der Waals surface area contributed by atoms with Gasteiger partial charge in [0.1, 0.15) is 11.6 Å². The molecule has 0 aromatic heterocycles. The molecule has 2 nitrogen and oxygen atoms in total. The first kappa shape index (κ1) is 15.7. The number of hydrogen-bond acceptors (Lipinski definition) is 1. The lowest BCUT2D eigenvalue weighted by atomic mass is 10.1. The molecule has 1 fully saturated rings. The van der Waals surface area contributed by atoms with Gasteiger partial charge in [0.2, 0.25) is 0 Å². The Balaban J connectivity index is 2.31. The summed E-state index contributed by atoms with van der Waals surface area (Å²) >= 11 is 8.90. The van der Waals surface area contributed by atoms with Gasteiger partial charge in [-0.1, -0.05) is 40.4 Å². The number of carbonyl (C=O) groups excluding carboxylic acids is 1. The van der Waals surface area contributed by atoms with E-state index in [4.69, 9.17) is 11.6 Å². The fraction of sp³-hybridized carbons (Fsp3) is 0.500. The van der Waals surface area contributed by atoms with Gasteiger partial charge in [-0.05, 0) is 25.0 Å². The molecule has 1 atom stereocenters. The van der Waals surface area contributed by atoms with Crippen LogP contribution in [0, 0.1) is 11.6 Å². The molecule has 1 aliphatic rings. The first-order valence-corrected chi connectivity index (χ1v) is 8.06. The van der Waals surface area contributed by atoms with Crippen molar-refractivity contribution >= 4 is 33.4 Å². The van der Waals surface area contributed by atoms with Crippen LogP contribution in [-0.4, -0.2) is 28.7 Å². The molecule has 0 saturated carbocycles. The van der Waals surface area contributed by atoms with Gasteiger partial charge in [-0.3, -0.25) is 4.79 Å². The molecule has 1 saturated heterocycles. The topological polar surface area (TPSA) is 20.3 Å². The number of rotatable bonds is 2. The van der Waals surface area contributed by atoms with E-state index < -0.39 is 17.5 Å². The summed E-state index contributed by atoms with van der Waals surface area (Å²) in [6.45, 7) is 0.568. The van der Waals surface area contributed by atoms with Gasteiger partial charge < -0.3 is 4.90 Å². The summed E-state index contributed by atoms with van der Waals surface area (Å²) in [7, 11) is 0. The van der Waals surface area contributed by atoms with Crippen LogP contribution in [0.3, 0.4) is 0 Å². The summed E-state index contributed by atoms with van der Waals surface area (Å²) in [5, 5.41) is 0.322. The normalized spacial score (nSPS) is 19.8. The SMILES string of the molecule is O=C(c1cc(F)c(Cl)cc1F)N1CCCCCC1CBr. The first-order valence-electron chi connectivity index (χ1n) is 6.56. The van der Waals surface area contributed by atoms with Crippen molar-refractivity contribution in [2.45, 2.75) is 31.7 Å². The molecule has 2 rings (SSSR count). The van der Waals surface area contributed by atoms with Gasteiger partial charge in [0.15, 0.2) is 0 Å². The average Bonchev–Trinajstić information content (AvgIpc) is 2.67. The molecule has 0 radical (unpaired) electrons. The van der Waals surface area contributed by atoms with Crippen molar-refractivity contribution in [1.29, 1.82) is 0 Å². The van der Waals surface area contributed by atoms with Crippen molar-refractivity contribution < 1.29 is 13.6 Å². The maximum atomic E-state index is 13.9. The van der Waals surface area contributed by atoms with Crippen LogP contribution in [0.5, 0.6) is 0 Å². The molecular weight excluding hydrogens is 352 g/mol. The summed E-state index contributed by atoms with van der Waals surface area (Å²) in [4.78, 5) is 14.1. The zero-order valence-electron chi connectivity index (χ0n) is 10.8. The van der Waals surface area contributed by atoms with E-state index in [0.717, 1.165) is 37.8 Å². The number of carbonyl (C=O) groups is 1. The van der Waals surface area contributed by atoms with E-state index in [-0.39, 0.29) is 16.6 Å². The molecule has 1 aromatic carbocycles. The van der Waals surface area contributed by atoms with Gasteiger partial charge in [-0.2, -0.15) is 0 Å². The number of hydrogen-bond donors (Lipinski definition) is 0. The number of nitrogens with zero attached hydrogens (tertiary/aromatic N) is 1. The standard InChI is InChI=1S/C14H15BrClF2NO/c15-8-9-4-2-1-3-5-19(9)14(20)10-6-13(18)11(16)7-12(10)17/h6-7,9H,1-5,8H2. The number of benzene rings is 1. The number of alkyl halides is 1. The van der Waals surface area contributed by atoms with E-state index >= 15 is 0 Å². The van der Waals surface area contributed by atoms with Crippen LogP contribution in [0.1, 0.15) is 36.0 Å². The number of likely N-dealkylation sites (tertiary alicyclic amines) is 1. The van der Waals surface area contributed by atoms with E-state index in [1.165, 1.54) is 0 Å². The Hall–Kier alpha value is -0.680. The highest BCUT2D eigenvalue weighted by atomic mass is 79.9. The minimum atomic E-state index is -0.779. The first-order chi connectivity index (χ1) is 9.54. The van der Waals surface area contributed by atoms with Crippen LogP contribution in [-0.2, 0) is 0 Å². The van der Waals surface area contributed by atoms with E-state index in [0.29, 0.717) is 11.9 Å². The zero-order valence-corrected chi connectivity index (χ0v) is 13.2. The van der Waals surface area contributed by atoms with Gasteiger partial charge in [0.25, 0.3) is 5.91 Å². The van der Waals surface area contributed by atoms with E-state index in [9.17, 15) is 13.6 Å². The molecule has 1 aromatic rings. The van der Waals surface area contributed by atoms with Crippen LogP contribution in [0.15, 0.2) is 12.1 Å². The Labute approximate surface area is 130 Å². The van der Waals surface area contributed by atoms with Crippen LogP contribution < -0.4 is 0 Å². The van der Waals surface area contributed by atoms with Crippen molar-refractivity contribution in [2.75, 3.05) is 11.9 Å². The van der Waals surface area contributed by atoms with E-state index in [2.05, 4.69) is 15.9 Å². The van der Waals surface area contributed by atoms with Crippen LogP contribution in [0.4, 0.5) is 8.78 Å². The fourth-order valence-electron chi connectivity index (χ4n) is 2.45. The van der Waals surface area contributed by atoms with Crippen LogP contribution >= 0.6 is 27.5 Å². The number of amides is 1. The lowest BCUT2D eigenvalue weighted by molar-refractivity contribution is 0.0697. The molecule has 1 heterocycles. The maximum Gasteiger partial charge on any atom is 0.257 e. The molecule has 1 unspecified atom stereocenters. The smallest absolute Gasteiger partial charge is 0.257 e. The summed E-state index contributed by atoms with van der Waals surface area (Å²) < 4.78 is 27.3. The highest BCUT2D eigenvalue weighted by Crippen LogP contribution is 2.24. The highest BCUT2D eigenvalue weighted by Gasteiger charge is 2.28. The monoisotopic (exact) mass is 365 g/mol. The van der Waals surface area contributed by atoms with Crippen molar-refractivity contribution in [3.8, 4) is 0 Å². The molecule has 1 amide bonds. The Kier molecular flexibility index (Phi) is 5.38. The molecule has 1 aliphatic heterocycles. The summed E-state index contributed by atoms with van der Waals surface area (Å²) in [6, 6.07) is 1.75. The molecule has 0 spiro atoms. The van der Waals surface area contributed by atoms with Crippen molar-refractivity contribution in [2.24, 2.45) is 0 Å². The quantitative estimate of drug-likeness (QED) is 0.561. The highest BCUT2D eigenvalue weighted by molar-refractivity contribution is 9.09. The number of halogens is 4. The van der Waals surface area contributed by atoms with Crippen molar-refractivity contribution in [1.82, 2.24) is 4.90 Å². The van der Waals surface area contributed by atoms with Gasteiger partial charge in [-0.15, -0.1) is 0 Å². The van der Waals surface area contributed by atoms with Crippen LogP contribution in [0.2, 0.25) is 5.02 Å².